The van der Waals surface area contributed by atoms with Gasteiger partial charge in [0.1, 0.15) is 5.75 Å². The number of ether oxygens (including phenoxy) is 1. The number of rotatable bonds is 9. The molecule has 3 N–H and O–H groups in total. The van der Waals surface area contributed by atoms with Crippen LogP contribution in [0.25, 0.3) is 0 Å². The molecule has 7 heteroatoms. The number of halogens is 2. The fourth-order valence-corrected chi connectivity index (χ4v) is 2.10. The third-order valence-electron chi connectivity index (χ3n) is 3.84. The van der Waals surface area contributed by atoms with Gasteiger partial charge >= 0.3 is 6.61 Å². The number of nitrogens with one attached hydrogen (secondary N) is 2. The molecule has 1 aromatic rings. The molecule has 0 heterocycles. The van der Waals surface area contributed by atoms with Crippen LogP contribution in [0.2, 0.25) is 0 Å². The summed E-state index contributed by atoms with van der Waals surface area (Å²) in [6, 6.07) is 6.57. The van der Waals surface area contributed by atoms with Gasteiger partial charge in [-0.1, -0.05) is 32.0 Å². The lowest BCUT2D eigenvalue weighted by Gasteiger charge is -2.26. The van der Waals surface area contributed by atoms with Gasteiger partial charge in [0.2, 0.25) is 0 Å². The van der Waals surface area contributed by atoms with Crippen LogP contribution in [-0.2, 0) is 6.54 Å². The van der Waals surface area contributed by atoms with Crippen LogP contribution >= 0.6 is 0 Å². The smallest absolute Gasteiger partial charge is 0.387 e. The molecule has 0 aliphatic rings. The third kappa shape index (κ3) is 6.70. The number of nitrogens with zero attached hydrogens (tertiary/aromatic N) is 1. The average Bonchev–Trinajstić information content (AvgIpc) is 2.57. The Morgan fingerprint density at radius 2 is 1.88 bits per heavy atom. The number of alkyl halides is 2. The minimum atomic E-state index is -2.87. The summed E-state index contributed by atoms with van der Waals surface area (Å²) in [7, 11) is 0. The van der Waals surface area contributed by atoms with Crippen LogP contribution in [0.15, 0.2) is 29.3 Å². The van der Waals surface area contributed by atoms with Crippen LogP contribution in [0, 0.1) is 0 Å². The molecule has 0 aliphatic heterocycles. The van der Waals surface area contributed by atoms with E-state index < -0.39 is 12.2 Å². The summed E-state index contributed by atoms with van der Waals surface area (Å²) in [6.07, 6.45) is 1.25. The van der Waals surface area contributed by atoms with E-state index in [1.165, 1.54) is 6.07 Å². The second-order valence-corrected chi connectivity index (χ2v) is 5.47. The highest BCUT2D eigenvalue weighted by Crippen LogP contribution is 2.21. The Balaban J connectivity index is 2.79. The van der Waals surface area contributed by atoms with E-state index in [4.69, 9.17) is 0 Å². The number of hydrogen-bond acceptors (Lipinski definition) is 3. The summed E-state index contributed by atoms with van der Waals surface area (Å²) >= 11 is 0. The number of benzene rings is 1. The SMILES string of the molecule is CCNC(=NCc1ccccc1OC(F)F)NCC(O)(CC)CC. The summed E-state index contributed by atoms with van der Waals surface area (Å²) in [4.78, 5) is 4.38. The fraction of sp³-hybridized carbons (Fsp3) is 0.588. The minimum Gasteiger partial charge on any atom is -0.434 e. The summed E-state index contributed by atoms with van der Waals surface area (Å²) in [5.41, 5.74) is -0.233. The molecule has 0 unspecified atom stereocenters. The van der Waals surface area contributed by atoms with Crippen molar-refractivity contribution in [3.63, 3.8) is 0 Å². The van der Waals surface area contributed by atoms with E-state index in [0.29, 0.717) is 37.5 Å². The fourth-order valence-electron chi connectivity index (χ4n) is 2.10. The molecule has 0 spiro atoms. The molecular formula is C17H27F2N3O2. The lowest BCUT2D eigenvalue weighted by atomic mass is 9.98. The molecule has 1 aromatic carbocycles. The number of aliphatic imine (C=N–C) groups is 1. The van der Waals surface area contributed by atoms with E-state index in [1.54, 1.807) is 18.2 Å². The van der Waals surface area contributed by atoms with Gasteiger partial charge in [-0.2, -0.15) is 8.78 Å². The second kappa shape index (κ2) is 10.1. The Morgan fingerprint density at radius 3 is 2.46 bits per heavy atom. The monoisotopic (exact) mass is 343 g/mol. The van der Waals surface area contributed by atoms with Gasteiger partial charge in [0.05, 0.1) is 12.1 Å². The highest BCUT2D eigenvalue weighted by Gasteiger charge is 2.22. The molecule has 0 bridgehead atoms. The maximum atomic E-state index is 12.4. The van der Waals surface area contributed by atoms with Gasteiger partial charge in [-0.15, -0.1) is 0 Å². The van der Waals surface area contributed by atoms with Gasteiger partial charge in [-0.25, -0.2) is 4.99 Å². The molecular weight excluding hydrogens is 316 g/mol. The topological polar surface area (TPSA) is 65.9 Å². The highest BCUT2D eigenvalue weighted by atomic mass is 19.3. The Bertz CT molecular complexity index is 520. The van der Waals surface area contributed by atoms with Crippen molar-refractivity contribution in [1.29, 1.82) is 0 Å². The van der Waals surface area contributed by atoms with Crippen LogP contribution in [0.1, 0.15) is 39.2 Å². The molecule has 0 saturated heterocycles. The largest absolute Gasteiger partial charge is 0.434 e. The molecule has 1 rings (SSSR count). The van der Waals surface area contributed by atoms with Crippen molar-refractivity contribution in [1.82, 2.24) is 10.6 Å². The van der Waals surface area contributed by atoms with Crippen LogP contribution in [0.5, 0.6) is 5.75 Å². The zero-order valence-electron chi connectivity index (χ0n) is 14.5. The summed E-state index contributed by atoms with van der Waals surface area (Å²) < 4.78 is 29.4. The molecule has 0 atom stereocenters. The zero-order chi connectivity index (χ0) is 18.0. The summed E-state index contributed by atoms with van der Waals surface area (Å²) in [5, 5.41) is 16.5. The van der Waals surface area contributed by atoms with Crippen molar-refractivity contribution in [2.24, 2.45) is 4.99 Å². The van der Waals surface area contributed by atoms with E-state index >= 15 is 0 Å². The second-order valence-electron chi connectivity index (χ2n) is 5.47. The van der Waals surface area contributed by atoms with E-state index in [1.807, 2.05) is 20.8 Å². The third-order valence-corrected chi connectivity index (χ3v) is 3.84. The standard InChI is InChI=1S/C17H27F2N3O2/c1-4-17(23,5-2)12-22-16(20-6-3)21-11-13-9-7-8-10-14(13)24-15(18)19/h7-10,15,23H,4-6,11-12H2,1-3H3,(H2,20,21,22). The van der Waals surface area contributed by atoms with Gasteiger partial charge < -0.3 is 20.5 Å². The van der Waals surface area contributed by atoms with Crippen molar-refractivity contribution < 1.29 is 18.6 Å². The van der Waals surface area contributed by atoms with E-state index in [-0.39, 0.29) is 12.3 Å². The predicted octanol–water partition coefficient (Wildman–Crippen LogP) is 2.89. The molecule has 0 aliphatic carbocycles. The van der Waals surface area contributed by atoms with Gasteiger partial charge in [0.25, 0.3) is 0 Å². The van der Waals surface area contributed by atoms with Crippen molar-refractivity contribution in [2.45, 2.75) is 52.4 Å². The van der Waals surface area contributed by atoms with Crippen molar-refractivity contribution in [2.75, 3.05) is 13.1 Å². The molecule has 136 valence electrons. The molecule has 0 saturated carbocycles. The van der Waals surface area contributed by atoms with E-state index in [0.717, 1.165) is 0 Å². The Labute approximate surface area is 142 Å². The maximum Gasteiger partial charge on any atom is 0.387 e. The normalized spacial score (nSPS) is 12.4. The van der Waals surface area contributed by atoms with E-state index in [9.17, 15) is 13.9 Å². The van der Waals surface area contributed by atoms with Gasteiger partial charge in [-0.3, -0.25) is 0 Å². The first-order valence-corrected chi connectivity index (χ1v) is 8.21. The Hall–Kier alpha value is -1.89. The van der Waals surface area contributed by atoms with Crippen molar-refractivity contribution in [3.05, 3.63) is 29.8 Å². The zero-order valence-corrected chi connectivity index (χ0v) is 14.5. The minimum absolute atomic E-state index is 0.116. The van der Waals surface area contributed by atoms with Crippen molar-refractivity contribution in [3.8, 4) is 5.75 Å². The quantitative estimate of drug-likeness (QED) is 0.476. The van der Waals surface area contributed by atoms with E-state index in [2.05, 4.69) is 20.4 Å². The molecule has 0 aromatic heterocycles. The lowest BCUT2D eigenvalue weighted by Crippen LogP contribution is -2.46. The van der Waals surface area contributed by atoms with Crippen LogP contribution in [-0.4, -0.2) is 36.4 Å². The number of hydrogen-bond donors (Lipinski definition) is 3. The summed E-state index contributed by atoms with van der Waals surface area (Å²) in [6.45, 7) is 4.11. The molecule has 0 amide bonds. The summed E-state index contributed by atoms with van der Waals surface area (Å²) in [5.74, 6) is 0.635. The number of aliphatic hydroxyl groups is 1. The number of para-hydroxylation sites is 1. The first kappa shape index (κ1) is 20.2. The van der Waals surface area contributed by atoms with Gasteiger partial charge in [0, 0.05) is 18.7 Å². The van der Waals surface area contributed by atoms with Crippen LogP contribution < -0.4 is 15.4 Å². The molecule has 24 heavy (non-hydrogen) atoms. The Kier molecular flexibility index (Phi) is 8.46. The predicted molar refractivity (Wildman–Crippen MR) is 91.4 cm³/mol. The van der Waals surface area contributed by atoms with Gasteiger partial charge in [-0.05, 0) is 25.8 Å². The van der Waals surface area contributed by atoms with Crippen LogP contribution in [0.4, 0.5) is 8.78 Å². The Morgan fingerprint density at radius 1 is 1.21 bits per heavy atom. The van der Waals surface area contributed by atoms with Gasteiger partial charge in [0.15, 0.2) is 5.96 Å². The van der Waals surface area contributed by atoms with Crippen LogP contribution in [0.3, 0.4) is 0 Å². The van der Waals surface area contributed by atoms with Crippen molar-refractivity contribution >= 4 is 5.96 Å². The highest BCUT2D eigenvalue weighted by molar-refractivity contribution is 5.79. The maximum absolute atomic E-state index is 12.4. The molecule has 0 fully saturated rings. The molecule has 5 nitrogen and oxygen atoms in total. The first-order chi connectivity index (χ1) is 11.4. The first-order valence-electron chi connectivity index (χ1n) is 8.21. The average molecular weight is 343 g/mol. The lowest BCUT2D eigenvalue weighted by molar-refractivity contribution is -0.0504. The molecule has 0 radical (unpaired) electrons. The number of guanidine groups is 1.